The topological polar surface area (TPSA) is 66.0 Å². The van der Waals surface area contributed by atoms with Gasteiger partial charge >= 0.3 is 0 Å². The van der Waals surface area contributed by atoms with Gasteiger partial charge in [0.15, 0.2) is 0 Å². The van der Waals surface area contributed by atoms with Crippen LogP contribution in [0.15, 0.2) is 23.0 Å². The van der Waals surface area contributed by atoms with Gasteiger partial charge in [-0.25, -0.2) is 0 Å². The molecule has 2 rings (SSSR count). The van der Waals surface area contributed by atoms with Crippen molar-refractivity contribution >= 4 is 23.2 Å². The van der Waals surface area contributed by atoms with Gasteiger partial charge < -0.3 is 10.1 Å². The van der Waals surface area contributed by atoms with Crippen molar-refractivity contribution in [3.05, 3.63) is 44.2 Å². The lowest BCUT2D eigenvalue weighted by Gasteiger charge is -2.04. The van der Waals surface area contributed by atoms with E-state index in [0.717, 1.165) is 0 Å². The summed E-state index contributed by atoms with van der Waals surface area (Å²) in [6.07, 6.45) is 0. The molecule has 0 bridgehead atoms. The van der Waals surface area contributed by atoms with Gasteiger partial charge in [0.1, 0.15) is 5.82 Å². The van der Waals surface area contributed by atoms with Gasteiger partial charge in [-0.15, -0.1) is 0 Å². The molecule has 6 heteroatoms. The Morgan fingerprint density at radius 3 is 2.59 bits per heavy atom. The fourth-order valence-electron chi connectivity index (χ4n) is 1.30. The van der Waals surface area contributed by atoms with E-state index in [2.05, 4.69) is 9.97 Å². The molecule has 0 unspecified atom stereocenters. The van der Waals surface area contributed by atoms with Gasteiger partial charge in [0.2, 0.25) is 5.88 Å². The van der Waals surface area contributed by atoms with E-state index < -0.39 is 5.56 Å². The van der Waals surface area contributed by atoms with Crippen LogP contribution in [0.5, 0.6) is 5.88 Å². The van der Waals surface area contributed by atoms with Crippen LogP contribution >= 0.6 is 23.2 Å². The zero-order chi connectivity index (χ0) is 12.6. The number of benzene rings is 1. The minimum atomic E-state index is -0.390. The fraction of sp³-hybridized carbons (Fsp3) is 0.0909. The van der Waals surface area contributed by atoms with E-state index in [9.17, 15) is 9.90 Å². The first-order valence-corrected chi connectivity index (χ1v) is 5.50. The standard InChI is InChI=1S/C11H8Cl2N2O2/c1-5-10(16)14-9(15-11(5)17)6-2-3-7(12)8(13)4-6/h2-4H,1H3,(H2,14,15,16,17). The molecule has 0 amide bonds. The minimum absolute atomic E-state index is 0.175. The van der Waals surface area contributed by atoms with Crippen LogP contribution in [0.1, 0.15) is 5.56 Å². The van der Waals surface area contributed by atoms with Crippen molar-refractivity contribution in [3.63, 3.8) is 0 Å². The molecule has 0 saturated carbocycles. The van der Waals surface area contributed by atoms with Gasteiger partial charge in [-0.2, -0.15) is 4.98 Å². The Hall–Kier alpha value is -1.52. The van der Waals surface area contributed by atoms with Crippen LogP contribution in [0.3, 0.4) is 0 Å². The third kappa shape index (κ3) is 2.28. The van der Waals surface area contributed by atoms with Gasteiger partial charge in [-0.05, 0) is 25.1 Å². The first-order chi connectivity index (χ1) is 7.99. The van der Waals surface area contributed by atoms with E-state index in [1.165, 1.54) is 6.92 Å². The third-order valence-electron chi connectivity index (χ3n) is 2.32. The Bertz CT molecular complexity index is 638. The number of rotatable bonds is 1. The molecule has 1 heterocycles. The summed E-state index contributed by atoms with van der Waals surface area (Å²) in [5.74, 6) is -0.0495. The predicted octanol–water partition coefficient (Wildman–Crippen LogP) is 2.76. The smallest absolute Gasteiger partial charge is 0.257 e. The maximum Gasteiger partial charge on any atom is 0.257 e. The number of hydrogen-bond donors (Lipinski definition) is 2. The lowest BCUT2D eigenvalue weighted by atomic mass is 10.2. The van der Waals surface area contributed by atoms with Crippen molar-refractivity contribution in [1.29, 1.82) is 0 Å². The zero-order valence-electron chi connectivity index (χ0n) is 8.79. The Labute approximate surface area is 107 Å². The quantitative estimate of drug-likeness (QED) is 0.838. The zero-order valence-corrected chi connectivity index (χ0v) is 10.3. The molecular formula is C11H8Cl2N2O2. The van der Waals surface area contributed by atoms with Gasteiger partial charge in [0.05, 0.1) is 15.6 Å². The van der Waals surface area contributed by atoms with Crippen LogP contribution in [0.2, 0.25) is 10.0 Å². The maximum atomic E-state index is 11.5. The average Bonchev–Trinajstić information content (AvgIpc) is 2.29. The van der Waals surface area contributed by atoms with Crippen LogP contribution in [0.25, 0.3) is 11.4 Å². The molecular weight excluding hydrogens is 263 g/mol. The van der Waals surface area contributed by atoms with Crippen LogP contribution in [-0.4, -0.2) is 15.1 Å². The molecule has 2 N–H and O–H groups in total. The summed E-state index contributed by atoms with van der Waals surface area (Å²) in [6.45, 7) is 1.49. The number of nitrogens with one attached hydrogen (secondary N) is 1. The molecule has 0 radical (unpaired) electrons. The van der Waals surface area contributed by atoms with Crippen LogP contribution in [-0.2, 0) is 0 Å². The van der Waals surface area contributed by atoms with E-state index in [0.29, 0.717) is 15.6 Å². The number of aromatic amines is 1. The SMILES string of the molecule is Cc1c(O)nc(-c2ccc(Cl)c(Cl)c2)[nH]c1=O. The number of aromatic nitrogens is 2. The van der Waals surface area contributed by atoms with Crippen molar-refractivity contribution in [2.45, 2.75) is 6.92 Å². The van der Waals surface area contributed by atoms with Crippen LogP contribution in [0, 0.1) is 6.92 Å². The lowest BCUT2D eigenvalue weighted by molar-refractivity contribution is 0.447. The summed E-state index contributed by atoms with van der Waals surface area (Å²) in [4.78, 5) is 17.9. The average molecular weight is 271 g/mol. The molecule has 0 fully saturated rings. The minimum Gasteiger partial charge on any atom is -0.493 e. The highest BCUT2D eigenvalue weighted by Gasteiger charge is 2.09. The molecule has 0 saturated heterocycles. The lowest BCUT2D eigenvalue weighted by Crippen LogP contribution is -2.12. The van der Waals surface area contributed by atoms with E-state index in [1.807, 2.05) is 0 Å². The number of aromatic hydroxyl groups is 1. The predicted molar refractivity (Wildman–Crippen MR) is 66.7 cm³/mol. The molecule has 1 aromatic carbocycles. The highest BCUT2D eigenvalue weighted by Crippen LogP contribution is 2.27. The summed E-state index contributed by atoms with van der Waals surface area (Å²) in [6, 6.07) is 4.81. The second-order valence-electron chi connectivity index (χ2n) is 3.49. The van der Waals surface area contributed by atoms with Crippen molar-refractivity contribution < 1.29 is 5.11 Å². The highest BCUT2D eigenvalue weighted by molar-refractivity contribution is 6.42. The maximum absolute atomic E-state index is 11.5. The first-order valence-electron chi connectivity index (χ1n) is 4.74. The number of hydrogen-bond acceptors (Lipinski definition) is 3. The summed E-state index contributed by atoms with van der Waals surface area (Å²) in [5, 5.41) is 10.2. The van der Waals surface area contributed by atoms with Crippen LogP contribution < -0.4 is 5.56 Å². The second-order valence-corrected chi connectivity index (χ2v) is 4.31. The van der Waals surface area contributed by atoms with Crippen molar-refractivity contribution in [2.24, 2.45) is 0 Å². The molecule has 1 aromatic heterocycles. The summed E-state index contributed by atoms with van der Waals surface area (Å²) < 4.78 is 0. The molecule has 0 aliphatic rings. The molecule has 0 atom stereocenters. The Morgan fingerprint density at radius 1 is 1.29 bits per heavy atom. The molecule has 4 nitrogen and oxygen atoms in total. The molecule has 0 aliphatic carbocycles. The summed E-state index contributed by atoms with van der Waals surface area (Å²) in [5.41, 5.74) is 0.360. The number of H-pyrrole nitrogens is 1. The van der Waals surface area contributed by atoms with E-state index in [1.54, 1.807) is 18.2 Å². The van der Waals surface area contributed by atoms with Gasteiger partial charge in [-0.1, -0.05) is 23.2 Å². The highest BCUT2D eigenvalue weighted by atomic mass is 35.5. The van der Waals surface area contributed by atoms with Crippen molar-refractivity contribution in [2.75, 3.05) is 0 Å². The van der Waals surface area contributed by atoms with Gasteiger partial charge in [0, 0.05) is 5.56 Å². The summed E-state index contributed by atoms with van der Waals surface area (Å²) in [7, 11) is 0. The molecule has 0 aliphatic heterocycles. The van der Waals surface area contributed by atoms with E-state index in [-0.39, 0.29) is 17.3 Å². The fourth-order valence-corrected chi connectivity index (χ4v) is 1.60. The Kier molecular flexibility index (Phi) is 3.09. The normalized spacial score (nSPS) is 10.5. The third-order valence-corrected chi connectivity index (χ3v) is 3.06. The second kappa shape index (κ2) is 4.39. The Balaban J connectivity index is 2.61. The van der Waals surface area contributed by atoms with E-state index >= 15 is 0 Å². The molecule has 2 aromatic rings. The molecule has 88 valence electrons. The van der Waals surface area contributed by atoms with Gasteiger partial charge in [0.25, 0.3) is 5.56 Å². The monoisotopic (exact) mass is 270 g/mol. The van der Waals surface area contributed by atoms with Crippen LogP contribution in [0.4, 0.5) is 0 Å². The number of halogens is 2. The van der Waals surface area contributed by atoms with Crippen molar-refractivity contribution in [1.82, 2.24) is 9.97 Å². The first kappa shape index (κ1) is 12.0. The van der Waals surface area contributed by atoms with Gasteiger partial charge in [-0.3, -0.25) is 4.79 Å². The molecule has 0 spiro atoms. The summed E-state index contributed by atoms with van der Waals surface area (Å²) >= 11 is 11.6. The molecule has 17 heavy (non-hydrogen) atoms. The van der Waals surface area contributed by atoms with Crippen molar-refractivity contribution in [3.8, 4) is 17.3 Å². The number of nitrogens with zero attached hydrogens (tertiary/aromatic N) is 1. The Morgan fingerprint density at radius 2 is 2.00 bits per heavy atom. The van der Waals surface area contributed by atoms with E-state index in [4.69, 9.17) is 23.2 Å². The largest absolute Gasteiger partial charge is 0.493 e.